The Morgan fingerprint density at radius 1 is 1.22 bits per heavy atom. The molecule has 6 heteroatoms. The number of hydrogen-bond donors (Lipinski definition) is 1. The van der Waals surface area contributed by atoms with Crippen molar-refractivity contribution < 1.29 is 14.0 Å². The van der Waals surface area contributed by atoms with Crippen molar-refractivity contribution >= 4 is 0 Å². The summed E-state index contributed by atoms with van der Waals surface area (Å²) in [5, 5.41) is 4.06. The first-order valence-corrected chi connectivity index (χ1v) is 8.24. The first-order chi connectivity index (χ1) is 11.3. The van der Waals surface area contributed by atoms with Crippen LogP contribution in [-0.4, -0.2) is 28.9 Å². The Kier molecular flexibility index (Phi) is 4.01. The third-order valence-corrected chi connectivity index (χ3v) is 4.58. The summed E-state index contributed by atoms with van der Waals surface area (Å²) in [6.07, 6.45) is 5.25. The lowest BCUT2D eigenvalue weighted by Gasteiger charge is -2.25. The lowest BCUT2D eigenvalue weighted by Crippen LogP contribution is -2.30. The van der Waals surface area contributed by atoms with E-state index in [2.05, 4.69) is 16.2 Å². The number of hydrogen-bond acceptors (Lipinski definition) is 6. The maximum atomic E-state index is 5.91. The Hall–Kier alpha value is -1.92. The van der Waals surface area contributed by atoms with E-state index in [0.717, 1.165) is 50.0 Å². The first-order valence-electron chi connectivity index (χ1n) is 8.24. The minimum absolute atomic E-state index is 0.252. The summed E-state index contributed by atoms with van der Waals surface area (Å²) in [5.74, 6) is 2.08. The van der Waals surface area contributed by atoms with Crippen LogP contribution in [0.25, 0.3) is 11.4 Å². The van der Waals surface area contributed by atoms with Crippen molar-refractivity contribution in [2.75, 3.05) is 6.61 Å². The summed E-state index contributed by atoms with van der Waals surface area (Å²) in [5.41, 5.74) is 8.05. The molecule has 0 saturated heterocycles. The van der Waals surface area contributed by atoms with Gasteiger partial charge in [0.25, 0.3) is 5.89 Å². The second-order valence-corrected chi connectivity index (χ2v) is 6.28. The predicted molar refractivity (Wildman–Crippen MR) is 84.0 cm³/mol. The highest BCUT2D eigenvalue weighted by Gasteiger charge is 2.20. The van der Waals surface area contributed by atoms with Crippen molar-refractivity contribution in [1.29, 1.82) is 0 Å². The van der Waals surface area contributed by atoms with E-state index in [9.17, 15) is 0 Å². The molecule has 1 fully saturated rings. The second kappa shape index (κ2) is 6.29. The fraction of sp³-hybridized carbons (Fsp3) is 0.529. The average molecular weight is 315 g/mol. The highest BCUT2D eigenvalue weighted by molar-refractivity contribution is 5.59. The summed E-state index contributed by atoms with van der Waals surface area (Å²) in [6.45, 7) is 1.11. The molecule has 1 aliphatic carbocycles. The van der Waals surface area contributed by atoms with Gasteiger partial charge in [0, 0.05) is 18.0 Å². The van der Waals surface area contributed by atoms with Crippen molar-refractivity contribution in [3.63, 3.8) is 0 Å². The van der Waals surface area contributed by atoms with E-state index in [1.807, 2.05) is 12.1 Å². The average Bonchev–Trinajstić information content (AvgIpc) is 3.22. The van der Waals surface area contributed by atoms with Crippen LogP contribution in [0, 0.1) is 0 Å². The van der Waals surface area contributed by atoms with Gasteiger partial charge in [-0.3, -0.25) is 0 Å². The summed E-state index contributed by atoms with van der Waals surface area (Å²) in [7, 11) is 0. The zero-order chi connectivity index (χ0) is 15.6. The van der Waals surface area contributed by atoms with Gasteiger partial charge in [-0.1, -0.05) is 5.16 Å². The smallest absolute Gasteiger partial charge is 0.252 e. The van der Waals surface area contributed by atoms with Crippen LogP contribution in [0.1, 0.15) is 37.1 Å². The van der Waals surface area contributed by atoms with Gasteiger partial charge in [0.15, 0.2) is 0 Å². The third kappa shape index (κ3) is 3.23. The van der Waals surface area contributed by atoms with Crippen molar-refractivity contribution in [3.05, 3.63) is 29.7 Å². The SMILES string of the molecule is NC1CCC(OCc2nc(-c3ccc4c(c3)CCO4)no2)CC1. The summed E-state index contributed by atoms with van der Waals surface area (Å²) < 4.78 is 16.7. The molecule has 0 unspecified atom stereocenters. The largest absolute Gasteiger partial charge is 0.493 e. The molecule has 0 spiro atoms. The molecule has 1 aromatic heterocycles. The Morgan fingerprint density at radius 2 is 2.09 bits per heavy atom. The highest BCUT2D eigenvalue weighted by atomic mass is 16.5. The van der Waals surface area contributed by atoms with E-state index in [1.54, 1.807) is 0 Å². The van der Waals surface area contributed by atoms with E-state index >= 15 is 0 Å². The molecule has 2 aromatic rings. The van der Waals surface area contributed by atoms with Gasteiger partial charge in [-0.2, -0.15) is 4.98 Å². The lowest BCUT2D eigenvalue weighted by molar-refractivity contribution is 0.00192. The van der Waals surface area contributed by atoms with E-state index < -0.39 is 0 Å². The van der Waals surface area contributed by atoms with E-state index in [0.29, 0.717) is 24.4 Å². The molecule has 1 aliphatic heterocycles. The molecule has 0 atom stereocenters. The molecule has 23 heavy (non-hydrogen) atoms. The standard InChI is InChI=1S/C17H21N3O3/c18-13-2-4-14(5-3-13)22-10-16-19-17(20-23-16)12-1-6-15-11(9-12)7-8-21-15/h1,6,9,13-14H,2-5,7-8,10,18H2. The van der Waals surface area contributed by atoms with Crippen molar-refractivity contribution in [3.8, 4) is 17.1 Å². The molecule has 2 N–H and O–H groups in total. The molecule has 4 rings (SSSR count). The van der Waals surface area contributed by atoms with Gasteiger partial charge in [-0.25, -0.2) is 0 Å². The lowest BCUT2D eigenvalue weighted by atomic mass is 9.94. The molecule has 2 heterocycles. The fourth-order valence-electron chi connectivity index (χ4n) is 3.20. The van der Waals surface area contributed by atoms with Gasteiger partial charge in [0.2, 0.25) is 5.82 Å². The molecular formula is C17H21N3O3. The molecule has 122 valence electrons. The maximum absolute atomic E-state index is 5.91. The normalized spacial score (nSPS) is 23.5. The molecule has 1 aromatic carbocycles. The van der Waals surface area contributed by atoms with Crippen molar-refractivity contribution in [2.45, 2.75) is 50.9 Å². The Morgan fingerprint density at radius 3 is 2.96 bits per heavy atom. The molecule has 0 amide bonds. The quantitative estimate of drug-likeness (QED) is 0.933. The zero-order valence-corrected chi connectivity index (χ0v) is 13.0. The van der Waals surface area contributed by atoms with Crippen LogP contribution in [0.2, 0.25) is 0 Å². The number of ether oxygens (including phenoxy) is 2. The molecule has 0 radical (unpaired) electrons. The number of benzene rings is 1. The van der Waals surface area contributed by atoms with E-state index in [-0.39, 0.29) is 6.10 Å². The van der Waals surface area contributed by atoms with Gasteiger partial charge in [-0.15, -0.1) is 0 Å². The Bertz CT molecular complexity index is 677. The van der Waals surface area contributed by atoms with Gasteiger partial charge < -0.3 is 19.7 Å². The molecule has 2 aliphatic rings. The number of rotatable bonds is 4. The van der Waals surface area contributed by atoms with E-state index in [4.69, 9.17) is 19.7 Å². The van der Waals surface area contributed by atoms with Gasteiger partial charge in [0.05, 0.1) is 12.7 Å². The van der Waals surface area contributed by atoms with Crippen LogP contribution >= 0.6 is 0 Å². The van der Waals surface area contributed by atoms with E-state index in [1.165, 1.54) is 5.56 Å². The topological polar surface area (TPSA) is 83.4 Å². The first kappa shape index (κ1) is 14.7. The fourth-order valence-corrected chi connectivity index (χ4v) is 3.20. The summed E-state index contributed by atoms with van der Waals surface area (Å²) in [4.78, 5) is 4.44. The highest BCUT2D eigenvalue weighted by Crippen LogP contribution is 2.29. The van der Waals surface area contributed by atoms with Gasteiger partial charge in [0.1, 0.15) is 12.4 Å². The monoisotopic (exact) mass is 315 g/mol. The van der Waals surface area contributed by atoms with Crippen LogP contribution in [0.4, 0.5) is 0 Å². The Labute approximate surface area is 135 Å². The number of aromatic nitrogens is 2. The predicted octanol–water partition coefficient (Wildman–Crippen LogP) is 2.46. The molecular weight excluding hydrogens is 294 g/mol. The van der Waals surface area contributed by atoms with Crippen LogP contribution in [0.5, 0.6) is 5.75 Å². The van der Waals surface area contributed by atoms with Crippen LogP contribution in [0.15, 0.2) is 22.7 Å². The second-order valence-electron chi connectivity index (χ2n) is 6.28. The molecule has 6 nitrogen and oxygen atoms in total. The number of nitrogens with two attached hydrogens (primary N) is 1. The summed E-state index contributed by atoms with van der Waals surface area (Å²) in [6, 6.07) is 6.33. The molecule has 0 bridgehead atoms. The van der Waals surface area contributed by atoms with Gasteiger partial charge >= 0.3 is 0 Å². The maximum Gasteiger partial charge on any atom is 0.252 e. The van der Waals surface area contributed by atoms with Crippen LogP contribution in [-0.2, 0) is 17.8 Å². The summed E-state index contributed by atoms with van der Waals surface area (Å²) >= 11 is 0. The van der Waals surface area contributed by atoms with Crippen LogP contribution in [0.3, 0.4) is 0 Å². The number of fused-ring (bicyclic) bond motifs is 1. The zero-order valence-electron chi connectivity index (χ0n) is 13.0. The Balaban J connectivity index is 1.39. The minimum Gasteiger partial charge on any atom is -0.493 e. The minimum atomic E-state index is 0.252. The number of nitrogens with zero attached hydrogens (tertiary/aromatic N) is 2. The van der Waals surface area contributed by atoms with Crippen LogP contribution < -0.4 is 10.5 Å². The third-order valence-electron chi connectivity index (χ3n) is 4.58. The van der Waals surface area contributed by atoms with Crippen molar-refractivity contribution in [2.24, 2.45) is 5.73 Å². The van der Waals surface area contributed by atoms with Crippen molar-refractivity contribution in [1.82, 2.24) is 10.1 Å². The molecule has 1 saturated carbocycles. The van der Waals surface area contributed by atoms with Gasteiger partial charge in [-0.05, 0) is 49.4 Å².